The smallest absolute Gasteiger partial charge is 0.0653 e. The summed E-state index contributed by atoms with van der Waals surface area (Å²) in [5, 5.41) is 0.788. The molecule has 1 aromatic carbocycles. The maximum absolute atomic E-state index is 5.81. The van der Waals surface area contributed by atoms with Crippen LogP contribution in [-0.4, -0.2) is 13.2 Å². The predicted molar refractivity (Wildman–Crippen MR) is 54.9 cm³/mol. The summed E-state index contributed by atoms with van der Waals surface area (Å²) in [5.41, 5.74) is 2.62. The summed E-state index contributed by atoms with van der Waals surface area (Å²) in [6.45, 7) is 1.56. The van der Waals surface area contributed by atoms with Crippen molar-refractivity contribution in [2.45, 2.75) is 6.42 Å². The molecule has 0 fully saturated rings. The van der Waals surface area contributed by atoms with Crippen LogP contribution in [0.4, 0.5) is 0 Å². The topological polar surface area (TPSA) is 9.23 Å². The minimum absolute atomic E-state index is 0.734. The second-order valence-corrected chi connectivity index (χ2v) is 3.50. The zero-order chi connectivity index (χ0) is 9.10. The monoisotopic (exact) mass is 194 g/mol. The van der Waals surface area contributed by atoms with Gasteiger partial charge in [-0.3, -0.25) is 0 Å². The zero-order valence-electron chi connectivity index (χ0n) is 7.29. The lowest BCUT2D eigenvalue weighted by atomic mass is 10.0. The predicted octanol–water partition coefficient (Wildman–Crippen LogP) is 3.14. The Bertz CT molecular complexity index is 313. The number of benzene rings is 1. The third-order valence-electron chi connectivity index (χ3n) is 2.18. The molecule has 1 heterocycles. The molecule has 13 heavy (non-hydrogen) atoms. The Balaban J connectivity index is 2.24. The fourth-order valence-electron chi connectivity index (χ4n) is 1.45. The molecule has 0 aromatic heterocycles. The van der Waals surface area contributed by atoms with E-state index in [9.17, 15) is 0 Å². The molecular formula is C11H11ClO. The second-order valence-electron chi connectivity index (χ2n) is 3.06. The van der Waals surface area contributed by atoms with Crippen molar-refractivity contribution in [2.75, 3.05) is 13.2 Å². The van der Waals surface area contributed by atoms with Crippen molar-refractivity contribution in [1.29, 1.82) is 0 Å². The van der Waals surface area contributed by atoms with Crippen molar-refractivity contribution in [3.05, 3.63) is 40.9 Å². The Labute approximate surface area is 83.0 Å². The average molecular weight is 195 g/mol. The first-order valence-corrected chi connectivity index (χ1v) is 4.77. The number of halogens is 1. The van der Waals surface area contributed by atoms with Crippen LogP contribution in [0.15, 0.2) is 30.3 Å². The fourth-order valence-corrected chi connectivity index (χ4v) is 1.58. The number of hydrogen-bond donors (Lipinski definition) is 0. The standard InChI is InChI=1S/C11H11ClO/c12-11-3-1-9(2-4-11)10-5-7-13-8-6-10/h1-5H,6-8H2. The van der Waals surface area contributed by atoms with Gasteiger partial charge in [0.15, 0.2) is 0 Å². The minimum atomic E-state index is 0.734. The second kappa shape index (κ2) is 3.95. The minimum Gasteiger partial charge on any atom is -0.377 e. The quantitative estimate of drug-likeness (QED) is 0.668. The maximum Gasteiger partial charge on any atom is 0.0653 e. The lowest BCUT2D eigenvalue weighted by molar-refractivity contribution is 0.161. The summed E-state index contributed by atoms with van der Waals surface area (Å²) in [7, 11) is 0. The third kappa shape index (κ3) is 2.11. The molecule has 0 unspecified atom stereocenters. The Morgan fingerprint density at radius 2 is 1.92 bits per heavy atom. The summed E-state index contributed by atoms with van der Waals surface area (Å²) in [5.74, 6) is 0. The number of hydrogen-bond acceptors (Lipinski definition) is 1. The van der Waals surface area contributed by atoms with E-state index in [4.69, 9.17) is 16.3 Å². The van der Waals surface area contributed by atoms with E-state index in [2.05, 4.69) is 18.2 Å². The first-order chi connectivity index (χ1) is 6.36. The maximum atomic E-state index is 5.81. The highest BCUT2D eigenvalue weighted by atomic mass is 35.5. The van der Waals surface area contributed by atoms with E-state index in [1.54, 1.807) is 0 Å². The molecule has 0 spiro atoms. The summed E-state index contributed by atoms with van der Waals surface area (Å²) < 4.78 is 5.24. The first-order valence-electron chi connectivity index (χ1n) is 4.39. The van der Waals surface area contributed by atoms with Gasteiger partial charge in [0, 0.05) is 5.02 Å². The normalized spacial score (nSPS) is 16.8. The Hall–Kier alpha value is -0.790. The van der Waals surface area contributed by atoms with Gasteiger partial charge in [-0.25, -0.2) is 0 Å². The van der Waals surface area contributed by atoms with E-state index in [1.807, 2.05) is 12.1 Å². The van der Waals surface area contributed by atoms with Crippen molar-refractivity contribution in [1.82, 2.24) is 0 Å². The molecule has 68 valence electrons. The molecule has 0 atom stereocenters. The highest BCUT2D eigenvalue weighted by Gasteiger charge is 2.05. The molecule has 1 aliphatic heterocycles. The molecule has 0 N–H and O–H groups in total. The van der Waals surface area contributed by atoms with Crippen molar-refractivity contribution < 1.29 is 4.74 Å². The van der Waals surface area contributed by atoms with Gasteiger partial charge in [0.2, 0.25) is 0 Å². The van der Waals surface area contributed by atoms with Crippen molar-refractivity contribution in [2.24, 2.45) is 0 Å². The van der Waals surface area contributed by atoms with Gasteiger partial charge < -0.3 is 4.74 Å². The summed E-state index contributed by atoms with van der Waals surface area (Å²) in [6.07, 6.45) is 3.13. The van der Waals surface area contributed by atoms with Crippen LogP contribution in [-0.2, 0) is 4.74 Å². The van der Waals surface area contributed by atoms with Crippen molar-refractivity contribution in [3.8, 4) is 0 Å². The molecule has 1 aromatic rings. The van der Waals surface area contributed by atoms with Gasteiger partial charge in [-0.15, -0.1) is 0 Å². The first kappa shape index (κ1) is 8.79. The molecule has 0 saturated carbocycles. The van der Waals surface area contributed by atoms with Crippen LogP contribution in [0.25, 0.3) is 5.57 Å². The molecule has 0 radical (unpaired) electrons. The summed E-state index contributed by atoms with van der Waals surface area (Å²) >= 11 is 5.81. The van der Waals surface area contributed by atoms with E-state index < -0.39 is 0 Å². The van der Waals surface area contributed by atoms with Crippen molar-refractivity contribution >= 4 is 17.2 Å². The molecular weight excluding hydrogens is 184 g/mol. The molecule has 1 nitrogen and oxygen atoms in total. The van der Waals surface area contributed by atoms with Crippen LogP contribution < -0.4 is 0 Å². The fraction of sp³-hybridized carbons (Fsp3) is 0.273. The molecule has 0 saturated heterocycles. The van der Waals surface area contributed by atoms with E-state index >= 15 is 0 Å². The van der Waals surface area contributed by atoms with Gasteiger partial charge in [-0.1, -0.05) is 29.8 Å². The van der Waals surface area contributed by atoms with Crippen LogP contribution in [0.2, 0.25) is 5.02 Å². The van der Waals surface area contributed by atoms with Crippen LogP contribution in [0.3, 0.4) is 0 Å². The zero-order valence-corrected chi connectivity index (χ0v) is 8.05. The van der Waals surface area contributed by atoms with Crippen LogP contribution >= 0.6 is 11.6 Å². The van der Waals surface area contributed by atoms with Crippen LogP contribution in [0, 0.1) is 0 Å². The molecule has 0 amide bonds. The van der Waals surface area contributed by atoms with E-state index in [1.165, 1.54) is 11.1 Å². The molecule has 2 heteroatoms. The van der Waals surface area contributed by atoms with Gasteiger partial charge in [-0.2, -0.15) is 0 Å². The summed E-state index contributed by atoms with van der Waals surface area (Å²) in [6, 6.07) is 7.96. The van der Waals surface area contributed by atoms with Crippen LogP contribution in [0.5, 0.6) is 0 Å². The Morgan fingerprint density at radius 3 is 2.54 bits per heavy atom. The van der Waals surface area contributed by atoms with E-state index in [0.717, 1.165) is 24.7 Å². The lowest BCUT2D eigenvalue weighted by Crippen LogP contribution is -2.03. The Morgan fingerprint density at radius 1 is 1.15 bits per heavy atom. The van der Waals surface area contributed by atoms with E-state index in [0.29, 0.717) is 0 Å². The highest BCUT2D eigenvalue weighted by molar-refractivity contribution is 6.30. The Kier molecular flexibility index (Phi) is 2.67. The highest BCUT2D eigenvalue weighted by Crippen LogP contribution is 2.22. The van der Waals surface area contributed by atoms with Gasteiger partial charge in [0.1, 0.15) is 0 Å². The number of rotatable bonds is 1. The van der Waals surface area contributed by atoms with Gasteiger partial charge in [0.25, 0.3) is 0 Å². The molecule has 2 rings (SSSR count). The van der Waals surface area contributed by atoms with Gasteiger partial charge >= 0.3 is 0 Å². The number of ether oxygens (including phenoxy) is 1. The largest absolute Gasteiger partial charge is 0.377 e. The third-order valence-corrected chi connectivity index (χ3v) is 2.43. The van der Waals surface area contributed by atoms with Crippen molar-refractivity contribution in [3.63, 3.8) is 0 Å². The lowest BCUT2D eigenvalue weighted by Gasteiger charge is -2.13. The van der Waals surface area contributed by atoms with Gasteiger partial charge in [-0.05, 0) is 29.7 Å². The van der Waals surface area contributed by atoms with E-state index in [-0.39, 0.29) is 0 Å². The SMILES string of the molecule is Clc1ccc(C2=CCOCC2)cc1. The molecule has 0 bridgehead atoms. The van der Waals surface area contributed by atoms with Crippen LogP contribution in [0.1, 0.15) is 12.0 Å². The average Bonchev–Trinajstić information content (AvgIpc) is 2.20. The summed E-state index contributed by atoms with van der Waals surface area (Å²) in [4.78, 5) is 0. The van der Waals surface area contributed by atoms with Gasteiger partial charge in [0.05, 0.1) is 13.2 Å². The molecule has 1 aliphatic rings. The molecule has 0 aliphatic carbocycles.